The second-order valence-electron chi connectivity index (χ2n) is 4.50. The van der Waals surface area contributed by atoms with E-state index >= 15 is 0 Å². The van der Waals surface area contributed by atoms with Crippen molar-refractivity contribution in [3.63, 3.8) is 0 Å². The molecule has 0 aliphatic rings. The van der Waals surface area contributed by atoms with Crippen molar-refractivity contribution in [2.75, 3.05) is 19.1 Å². The van der Waals surface area contributed by atoms with Gasteiger partial charge in [-0.2, -0.15) is 5.26 Å². The van der Waals surface area contributed by atoms with E-state index in [0.717, 1.165) is 11.3 Å². The molecule has 0 aliphatic heterocycles. The van der Waals surface area contributed by atoms with E-state index in [-0.39, 0.29) is 0 Å². The number of methoxy groups -OCH3 is 1. The summed E-state index contributed by atoms with van der Waals surface area (Å²) in [6.45, 7) is 5.70. The standard InChI is InChI=1S/C13H17ClN2O/c1-9-6-12(17-5)10(14)7-11(9)16(4)13(2,3)8-15/h6-7H,1-5H3. The van der Waals surface area contributed by atoms with Crippen LogP contribution in [-0.4, -0.2) is 19.7 Å². The van der Waals surface area contributed by atoms with Crippen molar-refractivity contribution in [3.05, 3.63) is 22.7 Å². The summed E-state index contributed by atoms with van der Waals surface area (Å²) in [6.07, 6.45) is 0. The number of aryl methyl sites for hydroxylation is 1. The third-order valence-corrected chi connectivity index (χ3v) is 3.24. The van der Waals surface area contributed by atoms with E-state index < -0.39 is 5.54 Å². The molecule has 4 heteroatoms. The molecule has 0 aromatic heterocycles. The van der Waals surface area contributed by atoms with E-state index in [1.807, 2.05) is 44.9 Å². The maximum Gasteiger partial charge on any atom is 0.137 e. The number of benzene rings is 1. The third kappa shape index (κ3) is 2.65. The summed E-state index contributed by atoms with van der Waals surface area (Å²) in [5.74, 6) is 0.649. The van der Waals surface area contributed by atoms with Crippen molar-refractivity contribution >= 4 is 17.3 Å². The Morgan fingerprint density at radius 1 is 1.41 bits per heavy atom. The van der Waals surface area contributed by atoms with Gasteiger partial charge in [-0.05, 0) is 38.5 Å². The Bertz CT molecular complexity index is 463. The second kappa shape index (κ2) is 4.85. The zero-order chi connectivity index (χ0) is 13.2. The van der Waals surface area contributed by atoms with Gasteiger partial charge in [-0.3, -0.25) is 0 Å². The summed E-state index contributed by atoms with van der Waals surface area (Å²) in [5.41, 5.74) is 1.38. The first kappa shape index (κ1) is 13.7. The molecule has 1 rings (SSSR count). The number of hydrogen-bond acceptors (Lipinski definition) is 3. The first-order valence-corrected chi connectivity index (χ1v) is 5.70. The Morgan fingerprint density at radius 2 is 2.00 bits per heavy atom. The lowest BCUT2D eigenvalue weighted by molar-refractivity contribution is 0.414. The molecule has 1 aromatic carbocycles. The fourth-order valence-electron chi connectivity index (χ4n) is 1.54. The van der Waals surface area contributed by atoms with Crippen molar-refractivity contribution in [1.82, 2.24) is 0 Å². The number of nitrogens with zero attached hydrogens (tertiary/aromatic N) is 2. The lowest BCUT2D eigenvalue weighted by Crippen LogP contribution is -2.40. The minimum absolute atomic E-state index is 0.550. The van der Waals surface area contributed by atoms with Gasteiger partial charge in [-0.15, -0.1) is 0 Å². The molecule has 0 unspecified atom stereocenters. The van der Waals surface area contributed by atoms with Crippen molar-refractivity contribution in [3.8, 4) is 11.8 Å². The number of hydrogen-bond donors (Lipinski definition) is 0. The molecule has 3 nitrogen and oxygen atoms in total. The van der Waals surface area contributed by atoms with E-state index in [4.69, 9.17) is 21.6 Å². The molecule has 0 bridgehead atoms. The minimum Gasteiger partial charge on any atom is -0.495 e. The predicted octanol–water partition coefficient (Wildman–Crippen LogP) is 3.40. The molecule has 0 amide bonds. The normalized spacial score (nSPS) is 10.9. The maximum atomic E-state index is 9.14. The van der Waals surface area contributed by atoms with E-state index in [1.165, 1.54) is 0 Å². The van der Waals surface area contributed by atoms with Gasteiger partial charge in [-0.1, -0.05) is 11.6 Å². The number of rotatable bonds is 3. The van der Waals surface area contributed by atoms with Crippen LogP contribution in [0.2, 0.25) is 5.02 Å². The fourth-order valence-corrected chi connectivity index (χ4v) is 1.77. The van der Waals surface area contributed by atoms with Gasteiger partial charge >= 0.3 is 0 Å². The summed E-state index contributed by atoms with van der Waals surface area (Å²) in [4.78, 5) is 1.91. The summed E-state index contributed by atoms with van der Waals surface area (Å²) >= 11 is 6.10. The Labute approximate surface area is 108 Å². The van der Waals surface area contributed by atoms with Gasteiger partial charge in [0.2, 0.25) is 0 Å². The minimum atomic E-state index is -0.581. The van der Waals surface area contributed by atoms with Crippen LogP contribution in [0.4, 0.5) is 5.69 Å². The Balaban J connectivity index is 3.25. The van der Waals surface area contributed by atoms with E-state index in [2.05, 4.69) is 6.07 Å². The molecule has 0 heterocycles. The fraction of sp³-hybridized carbons (Fsp3) is 0.462. The van der Waals surface area contributed by atoms with Crippen molar-refractivity contribution < 1.29 is 4.74 Å². The summed E-state index contributed by atoms with van der Waals surface area (Å²) in [7, 11) is 3.47. The van der Waals surface area contributed by atoms with Gasteiger partial charge in [0.1, 0.15) is 11.3 Å². The van der Waals surface area contributed by atoms with Crippen LogP contribution in [0, 0.1) is 18.3 Å². The topological polar surface area (TPSA) is 36.3 Å². The molecule has 0 saturated carbocycles. The molecule has 0 saturated heterocycles. The zero-order valence-electron chi connectivity index (χ0n) is 10.8. The van der Waals surface area contributed by atoms with E-state index in [0.29, 0.717) is 10.8 Å². The van der Waals surface area contributed by atoms with Crippen molar-refractivity contribution in [2.24, 2.45) is 0 Å². The highest BCUT2D eigenvalue weighted by Gasteiger charge is 2.25. The predicted molar refractivity (Wildman–Crippen MR) is 70.8 cm³/mol. The van der Waals surface area contributed by atoms with Crippen LogP contribution >= 0.6 is 11.6 Å². The van der Waals surface area contributed by atoms with Crippen LogP contribution in [0.15, 0.2) is 12.1 Å². The molecule has 17 heavy (non-hydrogen) atoms. The summed E-state index contributed by atoms with van der Waals surface area (Å²) in [6, 6.07) is 5.97. The van der Waals surface area contributed by atoms with Crippen LogP contribution in [0.5, 0.6) is 5.75 Å². The molecule has 0 fully saturated rings. The highest BCUT2D eigenvalue weighted by atomic mass is 35.5. The number of anilines is 1. The average molecular weight is 253 g/mol. The van der Waals surface area contributed by atoms with Crippen LogP contribution in [0.3, 0.4) is 0 Å². The average Bonchev–Trinajstić information content (AvgIpc) is 2.30. The number of ether oxygens (including phenoxy) is 1. The number of halogens is 1. The lowest BCUT2D eigenvalue weighted by atomic mass is 10.0. The van der Waals surface area contributed by atoms with Crippen LogP contribution in [0.1, 0.15) is 19.4 Å². The Morgan fingerprint density at radius 3 is 2.47 bits per heavy atom. The summed E-state index contributed by atoms with van der Waals surface area (Å²) in [5, 5.41) is 9.69. The third-order valence-electron chi connectivity index (χ3n) is 2.94. The van der Waals surface area contributed by atoms with Crippen LogP contribution in [0.25, 0.3) is 0 Å². The van der Waals surface area contributed by atoms with Gasteiger partial charge in [0.15, 0.2) is 0 Å². The number of nitriles is 1. The van der Waals surface area contributed by atoms with E-state index in [9.17, 15) is 0 Å². The first-order valence-electron chi connectivity index (χ1n) is 5.32. The smallest absolute Gasteiger partial charge is 0.137 e. The van der Waals surface area contributed by atoms with Crippen LogP contribution < -0.4 is 9.64 Å². The SMILES string of the molecule is COc1cc(C)c(N(C)C(C)(C)C#N)cc1Cl. The van der Waals surface area contributed by atoms with Gasteiger partial charge in [0.05, 0.1) is 18.2 Å². The van der Waals surface area contributed by atoms with Crippen LogP contribution in [-0.2, 0) is 0 Å². The Hall–Kier alpha value is -1.40. The maximum absolute atomic E-state index is 9.14. The molecule has 0 atom stereocenters. The van der Waals surface area contributed by atoms with Gasteiger partial charge < -0.3 is 9.64 Å². The molecule has 0 spiro atoms. The molecule has 0 N–H and O–H groups in total. The van der Waals surface area contributed by atoms with Gasteiger partial charge in [-0.25, -0.2) is 0 Å². The van der Waals surface area contributed by atoms with Gasteiger partial charge in [0.25, 0.3) is 0 Å². The lowest BCUT2D eigenvalue weighted by Gasteiger charge is -2.32. The highest BCUT2D eigenvalue weighted by Crippen LogP contribution is 2.34. The highest BCUT2D eigenvalue weighted by molar-refractivity contribution is 6.32. The molecular weight excluding hydrogens is 236 g/mol. The summed E-state index contributed by atoms with van der Waals surface area (Å²) < 4.78 is 5.16. The van der Waals surface area contributed by atoms with Gasteiger partial charge in [0, 0.05) is 12.7 Å². The monoisotopic (exact) mass is 252 g/mol. The second-order valence-corrected chi connectivity index (χ2v) is 4.91. The van der Waals surface area contributed by atoms with E-state index in [1.54, 1.807) is 7.11 Å². The molecule has 0 radical (unpaired) electrons. The molecular formula is C13H17ClN2O. The van der Waals surface area contributed by atoms with Crippen molar-refractivity contribution in [2.45, 2.75) is 26.3 Å². The first-order chi connectivity index (χ1) is 7.83. The molecule has 0 aliphatic carbocycles. The largest absolute Gasteiger partial charge is 0.495 e. The Kier molecular flexibility index (Phi) is 3.90. The zero-order valence-corrected chi connectivity index (χ0v) is 11.6. The quantitative estimate of drug-likeness (QED) is 0.827. The molecule has 1 aromatic rings. The molecule has 92 valence electrons. The van der Waals surface area contributed by atoms with Crippen molar-refractivity contribution in [1.29, 1.82) is 5.26 Å².